The van der Waals surface area contributed by atoms with Gasteiger partial charge in [-0.3, -0.25) is 14.4 Å². The number of benzene rings is 2. The summed E-state index contributed by atoms with van der Waals surface area (Å²) in [5.41, 5.74) is 3.91. The first-order valence-electron chi connectivity index (χ1n) is 14.1. The number of anilines is 1. The molecule has 0 saturated heterocycles. The highest BCUT2D eigenvalue weighted by molar-refractivity contribution is 6.42. The highest BCUT2D eigenvalue weighted by Gasteiger charge is 2.48. The summed E-state index contributed by atoms with van der Waals surface area (Å²) in [6.45, 7) is 8.04. The molecule has 1 N–H and O–H groups in total. The van der Waals surface area contributed by atoms with Crippen LogP contribution in [0, 0.1) is 10.8 Å². The minimum atomic E-state index is -0.577. The fourth-order valence-corrected chi connectivity index (χ4v) is 7.02. The van der Waals surface area contributed by atoms with E-state index in [1.165, 1.54) is 7.11 Å². The van der Waals surface area contributed by atoms with Crippen LogP contribution in [-0.4, -0.2) is 43.1 Å². The Morgan fingerprint density at radius 1 is 0.884 bits per heavy atom. The fraction of sp³-hybridized carbons (Fsp3) is 0.424. The zero-order valence-electron chi connectivity index (χ0n) is 25.1. The van der Waals surface area contributed by atoms with Gasteiger partial charge in [0.25, 0.3) is 5.91 Å². The number of nitrogens with one attached hydrogen (secondary N) is 1. The Morgan fingerprint density at radius 2 is 1.47 bits per heavy atom. The van der Waals surface area contributed by atoms with Crippen molar-refractivity contribution in [1.82, 2.24) is 4.90 Å². The number of ether oxygens (including phenoxy) is 2. The Kier molecular flexibility index (Phi) is 8.40. The highest BCUT2D eigenvalue weighted by atomic mass is 35.5. The third kappa shape index (κ3) is 6.17. The van der Waals surface area contributed by atoms with Crippen molar-refractivity contribution in [2.24, 2.45) is 10.8 Å². The van der Waals surface area contributed by atoms with E-state index in [2.05, 4.69) is 37.9 Å². The molecule has 0 atom stereocenters. The number of carbonyl (C=O) groups is 3. The number of carbonyl (C=O) groups excluding carboxylic acids is 3. The lowest BCUT2D eigenvalue weighted by atomic mass is 9.63. The second-order valence-electron chi connectivity index (χ2n) is 13.1. The van der Waals surface area contributed by atoms with Crippen LogP contribution in [0.15, 0.2) is 52.9 Å². The predicted octanol–water partition coefficient (Wildman–Crippen LogP) is 7.99. The molecule has 0 saturated carbocycles. The molecular weight excluding hydrogens is 611 g/mol. The molecule has 10 heteroatoms. The number of amides is 1. The van der Waals surface area contributed by atoms with E-state index < -0.39 is 11.8 Å². The zero-order valence-corrected chi connectivity index (χ0v) is 27.4. The van der Waals surface area contributed by atoms with Gasteiger partial charge in [0.05, 0.1) is 22.2 Å². The minimum absolute atomic E-state index is 0.0293. The molecule has 2 aromatic carbocycles. The van der Waals surface area contributed by atoms with E-state index in [0.717, 1.165) is 11.4 Å². The number of methoxy groups -OCH3 is 1. The van der Waals surface area contributed by atoms with Crippen LogP contribution in [0.1, 0.15) is 64.9 Å². The van der Waals surface area contributed by atoms with Crippen molar-refractivity contribution in [3.63, 3.8) is 0 Å². The topological polar surface area (TPSA) is 84.9 Å². The number of allylic oxidation sites excluding steroid dienone is 4. The van der Waals surface area contributed by atoms with Gasteiger partial charge in [-0.15, -0.1) is 0 Å². The summed E-state index contributed by atoms with van der Waals surface area (Å²) in [6.07, 6.45) is 2.20. The lowest BCUT2D eigenvalue weighted by Gasteiger charge is -2.48. The van der Waals surface area contributed by atoms with Crippen LogP contribution in [0.3, 0.4) is 0 Å². The van der Waals surface area contributed by atoms with Crippen molar-refractivity contribution in [3.05, 3.63) is 73.5 Å². The summed E-state index contributed by atoms with van der Waals surface area (Å²) in [4.78, 5) is 42.3. The van der Waals surface area contributed by atoms with Crippen molar-refractivity contribution < 1.29 is 23.9 Å². The van der Waals surface area contributed by atoms with Gasteiger partial charge in [0.2, 0.25) is 0 Å². The van der Waals surface area contributed by atoms with Gasteiger partial charge in [0.15, 0.2) is 29.7 Å². The summed E-state index contributed by atoms with van der Waals surface area (Å²) in [5, 5.41) is 3.59. The quantitative estimate of drug-likeness (QED) is 0.343. The van der Waals surface area contributed by atoms with Gasteiger partial charge in [-0.25, -0.2) is 0 Å². The maximum Gasteiger partial charge on any atom is 0.262 e. The second kappa shape index (κ2) is 11.5. The van der Waals surface area contributed by atoms with E-state index in [1.54, 1.807) is 30.3 Å². The van der Waals surface area contributed by atoms with Gasteiger partial charge >= 0.3 is 0 Å². The molecule has 0 fully saturated rings. The van der Waals surface area contributed by atoms with Gasteiger partial charge in [0.1, 0.15) is 0 Å². The van der Waals surface area contributed by atoms with Gasteiger partial charge in [-0.2, -0.15) is 0 Å². The average Bonchev–Trinajstić information content (AvgIpc) is 2.89. The van der Waals surface area contributed by atoms with Crippen molar-refractivity contribution in [3.8, 4) is 11.5 Å². The second-order valence-corrected chi connectivity index (χ2v) is 14.3. The van der Waals surface area contributed by atoms with Gasteiger partial charge < -0.3 is 19.7 Å². The molecule has 2 aliphatic carbocycles. The van der Waals surface area contributed by atoms with Gasteiger partial charge in [-0.1, -0.05) is 62.5 Å². The third-order valence-electron chi connectivity index (χ3n) is 8.32. The monoisotopic (exact) mass is 644 g/mol. The molecule has 0 spiro atoms. The minimum Gasteiger partial charge on any atom is -0.493 e. The Labute approximate surface area is 267 Å². The number of Topliss-reactive ketones (excluding diaryl/α,β-unsaturated/α-hetero) is 2. The fourth-order valence-electron chi connectivity index (χ4n) is 6.45. The van der Waals surface area contributed by atoms with Crippen LogP contribution >= 0.6 is 34.8 Å². The van der Waals surface area contributed by atoms with Crippen LogP contribution in [0.4, 0.5) is 5.69 Å². The van der Waals surface area contributed by atoms with Gasteiger partial charge in [-0.05, 0) is 59.6 Å². The molecule has 5 rings (SSSR count). The first-order valence-corrected chi connectivity index (χ1v) is 15.3. The number of hydrogen-bond donors (Lipinski definition) is 1. The molecule has 2 aromatic rings. The Hall–Kier alpha value is -3.00. The van der Waals surface area contributed by atoms with Crippen LogP contribution in [0.25, 0.3) is 0 Å². The number of rotatable bonds is 6. The first-order chi connectivity index (χ1) is 20.1. The summed E-state index contributed by atoms with van der Waals surface area (Å²) < 4.78 is 11.5. The summed E-state index contributed by atoms with van der Waals surface area (Å²) in [5.74, 6) is -0.484. The number of nitrogens with zero attached hydrogens (tertiary/aromatic N) is 1. The number of hydrogen-bond acceptors (Lipinski definition) is 6. The molecule has 0 unspecified atom stereocenters. The van der Waals surface area contributed by atoms with E-state index in [4.69, 9.17) is 44.3 Å². The largest absolute Gasteiger partial charge is 0.493 e. The summed E-state index contributed by atoms with van der Waals surface area (Å²) >= 11 is 18.8. The third-order valence-corrected chi connectivity index (χ3v) is 9.34. The predicted molar refractivity (Wildman–Crippen MR) is 169 cm³/mol. The number of halogens is 3. The van der Waals surface area contributed by atoms with Crippen molar-refractivity contribution in [1.29, 1.82) is 0 Å². The molecule has 1 aliphatic heterocycles. The van der Waals surface area contributed by atoms with Crippen molar-refractivity contribution >= 4 is 58.0 Å². The van der Waals surface area contributed by atoms with Crippen LogP contribution in [0.2, 0.25) is 15.1 Å². The van der Waals surface area contributed by atoms with E-state index in [1.807, 2.05) is 7.05 Å². The van der Waals surface area contributed by atoms with Crippen LogP contribution < -0.4 is 14.8 Å². The first kappa shape index (κ1) is 31.4. The molecule has 3 aliphatic rings. The summed E-state index contributed by atoms with van der Waals surface area (Å²) in [6, 6.07) is 8.22. The molecule has 43 heavy (non-hydrogen) atoms. The number of ketones is 2. The smallest absolute Gasteiger partial charge is 0.262 e. The van der Waals surface area contributed by atoms with Crippen molar-refractivity contribution in [2.75, 3.05) is 26.1 Å². The molecular formula is C33H35Cl3N2O5. The molecule has 228 valence electrons. The van der Waals surface area contributed by atoms with E-state index in [9.17, 15) is 14.4 Å². The summed E-state index contributed by atoms with van der Waals surface area (Å²) in [7, 11) is 3.45. The normalized spacial score (nSPS) is 19.7. The Morgan fingerprint density at radius 3 is 2.00 bits per heavy atom. The Balaban J connectivity index is 1.52. The van der Waals surface area contributed by atoms with E-state index >= 15 is 0 Å². The molecule has 0 radical (unpaired) electrons. The molecule has 1 heterocycles. The lowest BCUT2D eigenvalue weighted by Crippen LogP contribution is -2.43. The maximum absolute atomic E-state index is 13.8. The highest BCUT2D eigenvalue weighted by Crippen LogP contribution is 2.55. The molecule has 7 nitrogen and oxygen atoms in total. The van der Waals surface area contributed by atoms with E-state index in [0.29, 0.717) is 63.9 Å². The SMILES string of the molecule is COc1cc(C2C3=C(CC(C)(C)CC3=O)N(C)C3=C2C(=O)CC(C)(C)C3)cc(Cl)c1OCC(=O)Nc1ccc(Cl)c(Cl)c1. The van der Waals surface area contributed by atoms with Crippen molar-refractivity contribution in [2.45, 2.75) is 59.3 Å². The lowest BCUT2D eigenvalue weighted by molar-refractivity contribution is -0.120. The Bertz CT molecular complexity index is 1550. The molecule has 0 aromatic heterocycles. The van der Waals surface area contributed by atoms with Crippen LogP contribution in [-0.2, 0) is 14.4 Å². The average molecular weight is 646 g/mol. The van der Waals surface area contributed by atoms with E-state index in [-0.39, 0.29) is 39.8 Å². The molecule has 0 bridgehead atoms. The standard InChI is InChI=1S/C33H35Cl3N2O5/c1-32(2)12-22-29(24(39)14-32)28(30-23(38(22)5)13-33(3,4)15-25(30)40)17-9-21(36)31(26(10-17)42-6)43-16-27(41)37-18-7-8-19(34)20(35)11-18/h7-11,28H,12-16H2,1-6H3,(H,37,41). The van der Waals surface area contributed by atoms with Gasteiger partial charge in [0, 0.05) is 54.0 Å². The maximum atomic E-state index is 13.8. The van der Waals surface area contributed by atoms with Crippen LogP contribution in [0.5, 0.6) is 11.5 Å². The molecule has 1 amide bonds. The zero-order chi connectivity index (χ0) is 31.4.